The molecular weight excluding hydrogens is 343 g/mol. The van der Waals surface area contributed by atoms with Crippen LogP contribution in [0.2, 0.25) is 0 Å². The summed E-state index contributed by atoms with van der Waals surface area (Å²) in [5.41, 5.74) is 1.81. The summed E-state index contributed by atoms with van der Waals surface area (Å²) in [7, 11) is 0. The summed E-state index contributed by atoms with van der Waals surface area (Å²) in [6, 6.07) is 17.0. The van der Waals surface area contributed by atoms with Crippen molar-refractivity contribution in [3.8, 4) is 0 Å². The number of β-amino-alcohol motifs (C(OH)–C–C–N with tert-alkyl or cyclic N) is 1. The number of piperazine rings is 1. The first kappa shape index (κ1) is 19.8. The van der Waals surface area contributed by atoms with Crippen LogP contribution >= 0.6 is 0 Å². The maximum atomic E-state index is 13.9. The molecule has 146 valence electrons. The molecule has 1 aliphatic heterocycles. The van der Waals surface area contributed by atoms with Gasteiger partial charge in [0.15, 0.2) is 0 Å². The van der Waals surface area contributed by atoms with Gasteiger partial charge in [0.1, 0.15) is 5.82 Å². The molecule has 4 nitrogen and oxygen atoms in total. The van der Waals surface area contributed by atoms with Gasteiger partial charge < -0.3 is 14.7 Å². The lowest BCUT2D eigenvalue weighted by Crippen LogP contribution is -2.49. The zero-order valence-electron chi connectivity index (χ0n) is 15.9. The second-order valence-corrected chi connectivity index (χ2v) is 7.03. The maximum Gasteiger partial charge on any atom is 0.146 e. The molecule has 0 bridgehead atoms. The molecule has 1 N–H and O–H groups in total. The van der Waals surface area contributed by atoms with Crippen molar-refractivity contribution in [1.29, 1.82) is 0 Å². The van der Waals surface area contributed by atoms with E-state index in [1.165, 1.54) is 6.07 Å². The summed E-state index contributed by atoms with van der Waals surface area (Å²) in [6.07, 6.45) is 0.361. The molecule has 5 heteroatoms. The summed E-state index contributed by atoms with van der Waals surface area (Å²) in [6.45, 7) is 6.12. The molecule has 27 heavy (non-hydrogen) atoms. The second-order valence-electron chi connectivity index (χ2n) is 7.03. The Balaban J connectivity index is 1.43. The third-order valence-electron chi connectivity index (χ3n) is 5.07. The van der Waals surface area contributed by atoms with Crippen LogP contribution in [0.3, 0.4) is 0 Å². The van der Waals surface area contributed by atoms with Crippen molar-refractivity contribution in [2.45, 2.75) is 25.6 Å². The lowest BCUT2D eigenvalue weighted by atomic mass is 10.1. The summed E-state index contributed by atoms with van der Waals surface area (Å²) in [5.74, 6) is -0.175. The number of anilines is 1. The fourth-order valence-corrected chi connectivity index (χ4v) is 3.57. The van der Waals surface area contributed by atoms with E-state index in [1.54, 1.807) is 6.07 Å². The van der Waals surface area contributed by atoms with Crippen molar-refractivity contribution >= 4 is 5.69 Å². The molecule has 2 aromatic carbocycles. The molecule has 0 spiro atoms. The Hall–Kier alpha value is -1.95. The van der Waals surface area contributed by atoms with Crippen molar-refractivity contribution in [2.24, 2.45) is 0 Å². The summed E-state index contributed by atoms with van der Waals surface area (Å²) in [4.78, 5) is 4.28. The molecule has 2 aromatic rings. The highest BCUT2D eigenvalue weighted by Gasteiger charge is 2.21. The Morgan fingerprint density at radius 1 is 1.00 bits per heavy atom. The van der Waals surface area contributed by atoms with E-state index in [-0.39, 0.29) is 11.9 Å². The van der Waals surface area contributed by atoms with E-state index in [2.05, 4.69) is 28.9 Å². The van der Waals surface area contributed by atoms with Gasteiger partial charge in [0.05, 0.1) is 24.5 Å². The van der Waals surface area contributed by atoms with Crippen molar-refractivity contribution in [1.82, 2.24) is 4.90 Å². The smallest absolute Gasteiger partial charge is 0.146 e. The topological polar surface area (TPSA) is 35.9 Å². The molecule has 1 aliphatic rings. The Labute approximate surface area is 161 Å². The molecule has 0 amide bonds. The van der Waals surface area contributed by atoms with E-state index in [4.69, 9.17) is 4.74 Å². The minimum atomic E-state index is -0.525. The Morgan fingerprint density at radius 2 is 1.67 bits per heavy atom. The predicted molar refractivity (Wildman–Crippen MR) is 106 cm³/mol. The van der Waals surface area contributed by atoms with Gasteiger partial charge in [0.2, 0.25) is 0 Å². The average Bonchev–Trinajstić information content (AvgIpc) is 2.70. The second kappa shape index (κ2) is 9.83. The lowest BCUT2D eigenvalue weighted by molar-refractivity contribution is -0.0240. The van der Waals surface area contributed by atoms with Gasteiger partial charge in [0.25, 0.3) is 0 Å². The number of nitrogens with zero attached hydrogens (tertiary/aromatic N) is 2. The molecule has 1 saturated heterocycles. The largest absolute Gasteiger partial charge is 0.389 e. The van der Waals surface area contributed by atoms with Crippen LogP contribution in [0, 0.1) is 5.82 Å². The van der Waals surface area contributed by atoms with Crippen LogP contribution in [0.4, 0.5) is 10.1 Å². The van der Waals surface area contributed by atoms with Gasteiger partial charge in [-0.05, 0) is 24.1 Å². The van der Waals surface area contributed by atoms with Crippen LogP contribution in [-0.2, 0) is 4.74 Å². The number of aliphatic hydroxyl groups is 1. The number of halogens is 1. The van der Waals surface area contributed by atoms with E-state index >= 15 is 0 Å². The molecule has 0 aromatic heterocycles. The molecule has 2 unspecified atom stereocenters. The fraction of sp³-hybridized carbons (Fsp3) is 0.455. The number of ether oxygens (including phenoxy) is 1. The zero-order valence-corrected chi connectivity index (χ0v) is 15.9. The van der Waals surface area contributed by atoms with Crippen LogP contribution in [0.5, 0.6) is 0 Å². The Morgan fingerprint density at radius 3 is 2.33 bits per heavy atom. The number of hydrogen-bond donors (Lipinski definition) is 1. The maximum absolute atomic E-state index is 13.9. The minimum Gasteiger partial charge on any atom is -0.389 e. The van der Waals surface area contributed by atoms with Gasteiger partial charge >= 0.3 is 0 Å². The van der Waals surface area contributed by atoms with Crippen LogP contribution in [0.15, 0.2) is 54.6 Å². The van der Waals surface area contributed by atoms with Crippen molar-refractivity contribution in [2.75, 3.05) is 44.2 Å². The van der Waals surface area contributed by atoms with Crippen molar-refractivity contribution in [3.63, 3.8) is 0 Å². The number of para-hydroxylation sites is 1. The number of rotatable bonds is 8. The van der Waals surface area contributed by atoms with Gasteiger partial charge in [-0.2, -0.15) is 0 Å². The Kier molecular flexibility index (Phi) is 7.21. The van der Waals surface area contributed by atoms with Gasteiger partial charge in [-0.3, -0.25) is 4.90 Å². The van der Waals surface area contributed by atoms with Gasteiger partial charge in [-0.1, -0.05) is 49.4 Å². The van der Waals surface area contributed by atoms with Crippen LogP contribution in [0.1, 0.15) is 25.0 Å². The SMILES string of the molecule is CCC(OCC(O)CN1CCN(c2ccccc2F)CC1)c1ccccc1. The normalized spacial score (nSPS) is 17.7. The zero-order chi connectivity index (χ0) is 19.1. The third-order valence-corrected chi connectivity index (χ3v) is 5.07. The first-order chi connectivity index (χ1) is 13.2. The van der Waals surface area contributed by atoms with Crippen molar-refractivity contribution in [3.05, 3.63) is 66.0 Å². The average molecular weight is 372 g/mol. The minimum absolute atomic E-state index is 0.0127. The quantitative estimate of drug-likeness (QED) is 0.770. The van der Waals surface area contributed by atoms with Gasteiger partial charge in [0, 0.05) is 32.7 Å². The van der Waals surface area contributed by atoms with E-state index < -0.39 is 6.10 Å². The first-order valence-corrected chi connectivity index (χ1v) is 9.73. The van der Waals surface area contributed by atoms with Crippen LogP contribution in [0.25, 0.3) is 0 Å². The van der Waals surface area contributed by atoms with Gasteiger partial charge in [-0.15, -0.1) is 0 Å². The predicted octanol–water partition coefficient (Wildman–Crippen LogP) is 3.48. The molecule has 0 saturated carbocycles. The molecule has 3 rings (SSSR count). The number of aliphatic hydroxyl groups excluding tert-OH is 1. The van der Waals surface area contributed by atoms with Crippen LogP contribution in [-0.4, -0.2) is 55.4 Å². The summed E-state index contributed by atoms with van der Waals surface area (Å²) < 4.78 is 19.9. The molecule has 0 radical (unpaired) electrons. The molecule has 2 atom stereocenters. The highest BCUT2D eigenvalue weighted by molar-refractivity contribution is 5.47. The molecular formula is C22H29FN2O2. The summed E-state index contributed by atoms with van der Waals surface area (Å²) >= 11 is 0. The monoisotopic (exact) mass is 372 g/mol. The molecule has 1 heterocycles. The Bertz CT molecular complexity index is 690. The summed E-state index contributed by atoms with van der Waals surface area (Å²) in [5, 5.41) is 10.4. The van der Waals surface area contributed by atoms with Crippen molar-refractivity contribution < 1.29 is 14.2 Å². The highest BCUT2D eigenvalue weighted by atomic mass is 19.1. The first-order valence-electron chi connectivity index (χ1n) is 9.73. The van der Waals surface area contributed by atoms with E-state index in [0.29, 0.717) is 18.8 Å². The van der Waals surface area contributed by atoms with E-state index in [1.807, 2.05) is 30.3 Å². The third kappa shape index (κ3) is 5.51. The van der Waals surface area contributed by atoms with E-state index in [0.717, 1.165) is 38.2 Å². The number of hydrogen-bond acceptors (Lipinski definition) is 4. The molecule has 1 fully saturated rings. The van der Waals surface area contributed by atoms with Crippen LogP contribution < -0.4 is 4.90 Å². The fourth-order valence-electron chi connectivity index (χ4n) is 3.57. The highest BCUT2D eigenvalue weighted by Crippen LogP contribution is 2.22. The lowest BCUT2D eigenvalue weighted by Gasteiger charge is -2.37. The number of benzene rings is 2. The molecule has 0 aliphatic carbocycles. The van der Waals surface area contributed by atoms with E-state index in [9.17, 15) is 9.50 Å². The van der Waals surface area contributed by atoms with Gasteiger partial charge in [-0.25, -0.2) is 4.39 Å². The standard InChI is InChI=1S/C22H29FN2O2/c1-2-22(18-8-4-3-5-9-18)27-17-19(26)16-24-12-14-25(15-13-24)21-11-7-6-10-20(21)23/h3-11,19,22,26H,2,12-17H2,1H3.